The van der Waals surface area contributed by atoms with Crippen LogP contribution in [-0.4, -0.2) is 51.7 Å². The molecule has 5 heteroatoms. The van der Waals surface area contributed by atoms with Gasteiger partial charge in [-0.05, 0) is 0 Å². The Bertz CT molecular complexity index is 130. The Balaban J connectivity index is 2.52. The molecule has 4 nitrogen and oxygen atoms in total. The van der Waals surface area contributed by atoms with Crippen LogP contribution in [0.25, 0.3) is 0 Å². The molecule has 1 aliphatic heterocycles. The Kier molecular flexibility index (Phi) is 3.27. The number of aliphatic hydroxyl groups excluding tert-OH is 3. The number of halogens is 1. The van der Waals surface area contributed by atoms with Gasteiger partial charge in [0.2, 0.25) is 0 Å². The molecule has 11 heavy (non-hydrogen) atoms. The number of rotatable bonds is 1. The highest BCUT2D eigenvalue weighted by molar-refractivity contribution is 9.09. The quantitative estimate of drug-likeness (QED) is 0.495. The first-order chi connectivity index (χ1) is 5.16. The lowest BCUT2D eigenvalue weighted by atomic mass is 10.0. The Morgan fingerprint density at radius 2 is 2.00 bits per heavy atom. The molecule has 3 N–H and O–H groups in total. The Labute approximate surface area is 72.9 Å². The fourth-order valence-corrected chi connectivity index (χ4v) is 1.47. The molecule has 0 aliphatic carbocycles. The van der Waals surface area contributed by atoms with Gasteiger partial charge in [0.1, 0.15) is 12.2 Å². The van der Waals surface area contributed by atoms with Crippen LogP contribution in [0.3, 0.4) is 0 Å². The van der Waals surface area contributed by atoms with Crippen molar-refractivity contribution in [2.75, 3.05) is 13.2 Å². The molecule has 0 radical (unpaired) electrons. The maximum Gasteiger partial charge on any atom is 0.109 e. The van der Waals surface area contributed by atoms with Crippen LogP contribution in [0, 0.1) is 0 Å². The molecular formula is C6H11BrO4. The standard InChI is InChI=1S/C6H11BrO4/c7-3-2-11-4(1-8)6(10)5(3)9/h3-6,8-10H,1-2H2. The van der Waals surface area contributed by atoms with Gasteiger partial charge in [0.15, 0.2) is 0 Å². The van der Waals surface area contributed by atoms with Gasteiger partial charge in [-0.1, -0.05) is 15.9 Å². The fourth-order valence-electron chi connectivity index (χ4n) is 1.01. The lowest BCUT2D eigenvalue weighted by molar-refractivity contribution is -0.142. The maximum absolute atomic E-state index is 9.26. The van der Waals surface area contributed by atoms with Crippen molar-refractivity contribution in [2.24, 2.45) is 0 Å². The van der Waals surface area contributed by atoms with Gasteiger partial charge in [0.05, 0.1) is 24.1 Å². The summed E-state index contributed by atoms with van der Waals surface area (Å²) in [7, 11) is 0. The monoisotopic (exact) mass is 226 g/mol. The largest absolute Gasteiger partial charge is 0.394 e. The lowest BCUT2D eigenvalue weighted by Gasteiger charge is -2.34. The van der Waals surface area contributed by atoms with E-state index in [1.54, 1.807) is 0 Å². The minimum Gasteiger partial charge on any atom is -0.394 e. The van der Waals surface area contributed by atoms with Crippen LogP contribution in [-0.2, 0) is 4.74 Å². The minimum atomic E-state index is -1.00. The van der Waals surface area contributed by atoms with Gasteiger partial charge >= 0.3 is 0 Å². The highest BCUT2D eigenvalue weighted by Crippen LogP contribution is 2.20. The third-order valence-corrected chi connectivity index (χ3v) is 2.56. The van der Waals surface area contributed by atoms with Crippen LogP contribution in [0.5, 0.6) is 0 Å². The third-order valence-electron chi connectivity index (χ3n) is 1.75. The van der Waals surface area contributed by atoms with Crippen molar-refractivity contribution in [1.82, 2.24) is 0 Å². The summed E-state index contributed by atoms with van der Waals surface area (Å²) in [6, 6.07) is 0. The van der Waals surface area contributed by atoms with Crippen molar-refractivity contribution in [3.05, 3.63) is 0 Å². The molecule has 1 fully saturated rings. The molecular weight excluding hydrogens is 216 g/mol. The van der Waals surface area contributed by atoms with E-state index in [0.29, 0.717) is 6.61 Å². The van der Waals surface area contributed by atoms with E-state index in [2.05, 4.69) is 15.9 Å². The number of aliphatic hydroxyl groups is 3. The van der Waals surface area contributed by atoms with Crippen molar-refractivity contribution in [2.45, 2.75) is 23.1 Å². The molecule has 1 aliphatic rings. The van der Waals surface area contributed by atoms with Crippen molar-refractivity contribution in [3.8, 4) is 0 Å². The van der Waals surface area contributed by atoms with Crippen molar-refractivity contribution < 1.29 is 20.1 Å². The van der Waals surface area contributed by atoms with Gasteiger partial charge < -0.3 is 20.1 Å². The van der Waals surface area contributed by atoms with Crippen molar-refractivity contribution in [1.29, 1.82) is 0 Å². The van der Waals surface area contributed by atoms with E-state index in [9.17, 15) is 10.2 Å². The molecule has 0 aromatic carbocycles. The summed E-state index contributed by atoms with van der Waals surface area (Å²) in [5.74, 6) is 0. The lowest BCUT2D eigenvalue weighted by Crippen LogP contribution is -2.51. The Morgan fingerprint density at radius 3 is 2.55 bits per heavy atom. The SMILES string of the molecule is OCC1OCC(Br)C(O)C1O. The van der Waals surface area contributed by atoms with Gasteiger partial charge in [-0.2, -0.15) is 0 Å². The van der Waals surface area contributed by atoms with Gasteiger partial charge in [0, 0.05) is 0 Å². The van der Waals surface area contributed by atoms with Gasteiger partial charge in [-0.25, -0.2) is 0 Å². The predicted molar refractivity (Wildman–Crippen MR) is 41.6 cm³/mol. The first kappa shape index (κ1) is 9.41. The summed E-state index contributed by atoms with van der Waals surface area (Å²) in [6.45, 7) is 0.0431. The van der Waals surface area contributed by atoms with Crippen LogP contribution < -0.4 is 0 Å². The normalized spacial score (nSPS) is 45.8. The number of hydrogen-bond acceptors (Lipinski definition) is 4. The summed E-state index contributed by atoms with van der Waals surface area (Å²) in [6.07, 6.45) is -2.52. The van der Waals surface area contributed by atoms with Gasteiger partial charge in [-0.3, -0.25) is 0 Å². The van der Waals surface area contributed by atoms with E-state index in [1.807, 2.05) is 0 Å². The molecule has 1 saturated heterocycles. The molecule has 1 rings (SSSR count). The van der Waals surface area contributed by atoms with E-state index >= 15 is 0 Å². The smallest absolute Gasteiger partial charge is 0.109 e. The summed E-state index contributed by atoms with van der Waals surface area (Å²) < 4.78 is 5.02. The molecule has 0 aromatic rings. The average Bonchev–Trinajstić information content (AvgIpc) is 2.01. The Hall–Kier alpha value is 0.320. The van der Waals surface area contributed by atoms with Gasteiger partial charge in [-0.15, -0.1) is 0 Å². The number of alkyl halides is 1. The molecule has 0 saturated carbocycles. The first-order valence-electron chi connectivity index (χ1n) is 3.39. The molecule has 0 bridgehead atoms. The van der Waals surface area contributed by atoms with E-state index in [0.717, 1.165) is 0 Å². The van der Waals surface area contributed by atoms with Crippen LogP contribution in [0.4, 0.5) is 0 Å². The molecule has 66 valence electrons. The second-order valence-corrected chi connectivity index (χ2v) is 3.73. The molecule has 0 spiro atoms. The second-order valence-electron chi connectivity index (χ2n) is 2.55. The summed E-state index contributed by atoms with van der Waals surface area (Å²) >= 11 is 3.13. The summed E-state index contributed by atoms with van der Waals surface area (Å²) in [5, 5.41) is 27.2. The summed E-state index contributed by atoms with van der Waals surface area (Å²) in [4.78, 5) is -0.250. The fraction of sp³-hybridized carbons (Fsp3) is 1.00. The predicted octanol–water partition coefficient (Wildman–Crippen LogP) is -1.14. The topological polar surface area (TPSA) is 69.9 Å². The van der Waals surface area contributed by atoms with Crippen molar-refractivity contribution >= 4 is 15.9 Å². The zero-order valence-electron chi connectivity index (χ0n) is 5.85. The highest BCUT2D eigenvalue weighted by atomic mass is 79.9. The Morgan fingerprint density at radius 1 is 1.36 bits per heavy atom. The average molecular weight is 227 g/mol. The third kappa shape index (κ3) is 1.91. The second kappa shape index (κ2) is 3.82. The van der Waals surface area contributed by atoms with E-state index in [-0.39, 0.29) is 11.4 Å². The highest BCUT2D eigenvalue weighted by Gasteiger charge is 2.36. The maximum atomic E-state index is 9.26. The first-order valence-corrected chi connectivity index (χ1v) is 4.31. The summed E-state index contributed by atoms with van der Waals surface area (Å²) in [5.41, 5.74) is 0. The van der Waals surface area contributed by atoms with Crippen LogP contribution in [0.15, 0.2) is 0 Å². The van der Waals surface area contributed by atoms with E-state index in [4.69, 9.17) is 9.84 Å². The van der Waals surface area contributed by atoms with Crippen molar-refractivity contribution in [3.63, 3.8) is 0 Å². The van der Waals surface area contributed by atoms with Crippen LogP contribution in [0.1, 0.15) is 0 Å². The van der Waals surface area contributed by atoms with Gasteiger partial charge in [0.25, 0.3) is 0 Å². The molecule has 4 atom stereocenters. The molecule has 1 heterocycles. The van der Waals surface area contributed by atoms with E-state index in [1.165, 1.54) is 0 Å². The zero-order valence-corrected chi connectivity index (χ0v) is 7.44. The van der Waals surface area contributed by atoms with Crippen LogP contribution >= 0.6 is 15.9 Å². The molecule has 0 aromatic heterocycles. The van der Waals surface area contributed by atoms with Crippen LogP contribution in [0.2, 0.25) is 0 Å². The van der Waals surface area contributed by atoms with E-state index < -0.39 is 18.3 Å². The zero-order chi connectivity index (χ0) is 8.43. The minimum absolute atomic E-state index is 0.250. The number of hydrogen-bond donors (Lipinski definition) is 3. The molecule has 0 amide bonds. The molecule has 4 unspecified atom stereocenters. The number of ether oxygens (including phenoxy) is 1.